The van der Waals surface area contributed by atoms with Gasteiger partial charge in [0.05, 0.1) is 20.8 Å². The summed E-state index contributed by atoms with van der Waals surface area (Å²) in [4.78, 5) is 29.7. The first-order valence-corrected chi connectivity index (χ1v) is 10.7. The van der Waals surface area contributed by atoms with Gasteiger partial charge < -0.3 is 29.9 Å². The number of hydrogen-bond donors (Lipinski definition) is 2. The van der Waals surface area contributed by atoms with Gasteiger partial charge in [-0.1, -0.05) is 0 Å². The summed E-state index contributed by atoms with van der Waals surface area (Å²) in [5, 5.41) is 6.44. The molecule has 10 nitrogen and oxygen atoms in total. The van der Waals surface area contributed by atoms with Gasteiger partial charge in [-0.15, -0.1) is 0 Å². The van der Waals surface area contributed by atoms with Crippen LogP contribution in [0.2, 0.25) is 0 Å². The number of methoxy groups -OCH3 is 2. The molecule has 0 bridgehead atoms. The highest BCUT2D eigenvalue weighted by atomic mass is 16.5. The topological polar surface area (TPSA) is 104 Å². The molecule has 0 atom stereocenters. The first kappa shape index (κ1) is 23.1. The predicted octanol–water partition coefficient (Wildman–Crippen LogP) is 1.61. The van der Waals surface area contributed by atoms with Crippen molar-refractivity contribution >= 4 is 23.5 Å². The standard InChI is InChI=1S/C22H31N7O3/c1-4-23-21(27-17-6-7-18(31-2)19(16-17)32-3)24-11-8-20(30)28-12-14-29(15-13-28)22-25-9-5-10-26-22/h5-7,9-10,16H,4,8,11-15H2,1-3H3,(H2,23,24,27). The van der Waals surface area contributed by atoms with E-state index in [0.29, 0.717) is 56.0 Å². The van der Waals surface area contributed by atoms with Crippen LogP contribution in [0.3, 0.4) is 0 Å². The number of aliphatic imine (C=N–C) groups is 1. The molecule has 0 aliphatic carbocycles. The van der Waals surface area contributed by atoms with Crippen LogP contribution >= 0.6 is 0 Å². The van der Waals surface area contributed by atoms with Crippen molar-refractivity contribution in [1.82, 2.24) is 20.2 Å². The molecule has 0 radical (unpaired) electrons. The summed E-state index contributed by atoms with van der Waals surface area (Å²) in [6.07, 6.45) is 3.82. The minimum absolute atomic E-state index is 0.101. The van der Waals surface area contributed by atoms with Crippen LogP contribution < -0.4 is 25.0 Å². The molecule has 32 heavy (non-hydrogen) atoms. The molecular weight excluding hydrogens is 410 g/mol. The molecule has 1 amide bonds. The lowest BCUT2D eigenvalue weighted by atomic mass is 10.2. The van der Waals surface area contributed by atoms with E-state index < -0.39 is 0 Å². The molecule has 1 aliphatic heterocycles. The molecule has 1 aliphatic rings. The number of rotatable bonds is 8. The lowest BCUT2D eigenvalue weighted by Gasteiger charge is -2.34. The van der Waals surface area contributed by atoms with E-state index in [1.807, 2.05) is 30.0 Å². The third-order valence-electron chi connectivity index (χ3n) is 5.05. The van der Waals surface area contributed by atoms with Crippen molar-refractivity contribution in [1.29, 1.82) is 0 Å². The van der Waals surface area contributed by atoms with Gasteiger partial charge in [0.1, 0.15) is 0 Å². The van der Waals surface area contributed by atoms with Crippen LogP contribution in [0, 0.1) is 0 Å². The maximum Gasteiger partial charge on any atom is 0.225 e. The maximum absolute atomic E-state index is 12.6. The number of nitrogens with one attached hydrogen (secondary N) is 2. The summed E-state index contributed by atoms with van der Waals surface area (Å²) in [6.45, 7) is 5.85. The average Bonchev–Trinajstić information content (AvgIpc) is 2.84. The van der Waals surface area contributed by atoms with Gasteiger partial charge in [-0.25, -0.2) is 9.97 Å². The van der Waals surface area contributed by atoms with Crippen LogP contribution in [0.15, 0.2) is 41.7 Å². The van der Waals surface area contributed by atoms with Crippen LogP contribution in [0.1, 0.15) is 13.3 Å². The van der Waals surface area contributed by atoms with Gasteiger partial charge in [0.2, 0.25) is 11.9 Å². The highest BCUT2D eigenvalue weighted by molar-refractivity contribution is 5.94. The number of benzene rings is 1. The molecule has 172 valence electrons. The summed E-state index contributed by atoms with van der Waals surface area (Å²) in [7, 11) is 3.20. The minimum Gasteiger partial charge on any atom is -0.493 e. The van der Waals surface area contributed by atoms with Crippen LogP contribution in [-0.2, 0) is 4.79 Å². The monoisotopic (exact) mass is 441 g/mol. The molecule has 1 aromatic carbocycles. The Bertz CT molecular complexity index is 900. The SMILES string of the molecule is CCNC(=NCCC(=O)N1CCN(c2ncccn2)CC1)Nc1ccc(OC)c(OC)c1. The fraction of sp³-hybridized carbons (Fsp3) is 0.455. The van der Waals surface area contributed by atoms with E-state index in [2.05, 4.69) is 30.5 Å². The summed E-state index contributed by atoms with van der Waals surface area (Å²) >= 11 is 0. The zero-order valence-electron chi connectivity index (χ0n) is 18.9. The van der Waals surface area contributed by atoms with Crippen molar-refractivity contribution in [2.45, 2.75) is 13.3 Å². The van der Waals surface area contributed by atoms with Crippen molar-refractivity contribution in [2.24, 2.45) is 4.99 Å². The zero-order valence-corrected chi connectivity index (χ0v) is 18.9. The summed E-state index contributed by atoms with van der Waals surface area (Å²) in [6, 6.07) is 7.35. The highest BCUT2D eigenvalue weighted by Crippen LogP contribution is 2.29. The van der Waals surface area contributed by atoms with Gasteiger partial charge in [-0.2, -0.15) is 0 Å². The highest BCUT2D eigenvalue weighted by Gasteiger charge is 2.22. The fourth-order valence-corrected chi connectivity index (χ4v) is 3.39. The Morgan fingerprint density at radius 2 is 1.81 bits per heavy atom. The number of aromatic nitrogens is 2. The van der Waals surface area contributed by atoms with Gasteiger partial charge in [0, 0.05) is 63.3 Å². The van der Waals surface area contributed by atoms with Crippen LogP contribution in [0.5, 0.6) is 11.5 Å². The first-order valence-electron chi connectivity index (χ1n) is 10.7. The predicted molar refractivity (Wildman–Crippen MR) is 125 cm³/mol. The molecule has 2 aromatic rings. The second-order valence-electron chi connectivity index (χ2n) is 7.12. The molecule has 1 aromatic heterocycles. The second kappa shape index (κ2) is 11.7. The number of hydrogen-bond acceptors (Lipinski definition) is 7. The Labute approximate surface area is 188 Å². The molecule has 1 saturated heterocycles. The van der Waals surface area contributed by atoms with E-state index in [-0.39, 0.29) is 5.91 Å². The van der Waals surface area contributed by atoms with Crippen molar-refractivity contribution in [3.05, 3.63) is 36.7 Å². The third kappa shape index (κ3) is 6.22. The molecule has 0 unspecified atom stereocenters. The number of amides is 1. The smallest absolute Gasteiger partial charge is 0.225 e. The largest absolute Gasteiger partial charge is 0.493 e. The van der Waals surface area contributed by atoms with Gasteiger partial charge in [-0.3, -0.25) is 9.79 Å². The van der Waals surface area contributed by atoms with Gasteiger partial charge in [0.15, 0.2) is 17.5 Å². The fourth-order valence-electron chi connectivity index (χ4n) is 3.39. The third-order valence-corrected chi connectivity index (χ3v) is 5.05. The number of anilines is 2. The van der Waals surface area contributed by atoms with Crippen LogP contribution in [-0.4, -0.2) is 80.2 Å². The van der Waals surface area contributed by atoms with E-state index in [1.54, 1.807) is 32.7 Å². The molecule has 2 heterocycles. The van der Waals surface area contributed by atoms with E-state index in [4.69, 9.17) is 9.47 Å². The van der Waals surface area contributed by atoms with E-state index in [9.17, 15) is 4.79 Å². The quantitative estimate of drug-likeness (QED) is 0.470. The lowest BCUT2D eigenvalue weighted by molar-refractivity contribution is -0.131. The number of guanidine groups is 1. The Hall–Kier alpha value is -3.56. The number of piperazine rings is 1. The van der Waals surface area contributed by atoms with E-state index in [1.165, 1.54) is 0 Å². The second-order valence-corrected chi connectivity index (χ2v) is 7.12. The Morgan fingerprint density at radius 1 is 1.09 bits per heavy atom. The number of carbonyl (C=O) groups excluding carboxylic acids is 1. The molecule has 0 saturated carbocycles. The number of carbonyl (C=O) groups is 1. The molecule has 10 heteroatoms. The van der Waals surface area contributed by atoms with E-state index >= 15 is 0 Å². The van der Waals surface area contributed by atoms with E-state index in [0.717, 1.165) is 18.8 Å². The first-order chi connectivity index (χ1) is 15.6. The Kier molecular flexibility index (Phi) is 8.47. The Balaban J connectivity index is 1.51. The molecular formula is C22H31N7O3. The number of nitrogens with zero attached hydrogens (tertiary/aromatic N) is 5. The molecule has 1 fully saturated rings. The summed E-state index contributed by atoms with van der Waals surface area (Å²) in [5.41, 5.74) is 0.813. The van der Waals surface area contributed by atoms with Crippen LogP contribution in [0.25, 0.3) is 0 Å². The van der Waals surface area contributed by atoms with Crippen molar-refractivity contribution in [3.8, 4) is 11.5 Å². The molecule has 3 rings (SSSR count). The van der Waals surface area contributed by atoms with Crippen molar-refractivity contribution in [3.63, 3.8) is 0 Å². The zero-order chi connectivity index (χ0) is 22.8. The van der Waals surface area contributed by atoms with Gasteiger partial charge in [-0.05, 0) is 25.1 Å². The summed E-state index contributed by atoms with van der Waals surface area (Å²) in [5.74, 6) is 2.71. The normalized spacial score (nSPS) is 14.2. The van der Waals surface area contributed by atoms with Crippen molar-refractivity contribution in [2.75, 3.05) is 63.7 Å². The molecule has 2 N–H and O–H groups in total. The average molecular weight is 442 g/mol. The maximum atomic E-state index is 12.6. The number of ether oxygens (including phenoxy) is 2. The van der Waals surface area contributed by atoms with Crippen molar-refractivity contribution < 1.29 is 14.3 Å². The lowest BCUT2D eigenvalue weighted by Crippen LogP contribution is -2.49. The minimum atomic E-state index is 0.101. The van der Waals surface area contributed by atoms with Gasteiger partial charge >= 0.3 is 0 Å². The Morgan fingerprint density at radius 3 is 2.47 bits per heavy atom. The van der Waals surface area contributed by atoms with Crippen LogP contribution in [0.4, 0.5) is 11.6 Å². The summed E-state index contributed by atoms with van der Waals surface area (Å²) < 4.78 is 10.6. The molecule has 0 spiro atoms. The van der Waals surface area contributed by atoms with Gasteiger partial charge in [0.25, 0.3) is 0 Å².